The summed E-state index contributed by atoms with van der Waals surface area (Å²) in [7, 11) is 0. The molecule has 0 saturated heterocycles. The number of amides is 1. The second-order valence-electron chi connectivity index (χ2n) is 3.52. The maximum Gasteiger partial charge on any atom is 0.238 e. The van der Waals surface area contributed by atoms with Gasteiger partial charge < -0.3 is 20.8 Å². The van der Waals surface area contributed by atoms with E-state index in [1.807, 2.05) is 0 Å². The van der Waals surface area contributed by atoms with Gasteiger partial charge in [0.25, 0.3) is 0 Å². The molecule has 0 aliphatic carbocycles. The van der Waals surface area contributed by atoms with Gasteiger partial charge in [-0.1, -0.05) is 11.6 Å². The van der Waals surface area contributed by atoms with Crippen LogP contribution in [0.15, 0.2) is 24.3 Å². The number of benzene rings is 1. The summed E-state index contributed by atoms with van der Waals surface area (Å²) >= 11 is 5.71. The SMILES string of the molecule is O=C(CNCC(O)CO)Nc1ccc(Cl)cc1. The van der Waals surface area contributed by atoms with Gasteiger partial charge in [-0.2, -0.15) is 0 Å². The van der Waals surface area contributed by atoms with E-state index < -0.39 is 6.10 Å². The number of carbonyl (C=O) groups is 1. The van der Waals surface area contributed by atoms with Gasteiger partial charge >= 0.3 is 0 Å². The van der Waals surface area contributed by atoms with Crippen LogP contribution in [0.1, 0.15) is 0 Å². The number of hydrogen-bond donors (Lipinski definition) is 4. The van der Waals surface area contributed by atoms with Gasteiger partial charge in [0, 0.05) is 17.3 Å². The Kier molecular flexibility index (Phi) is 5.93. The molecule has 1 aromatic rings. The summed E-state index contributed by atoms with van der Waals surface area (Å²) in [5.74, 6) is -0.225. The Bertz CT molecular complexity index is 356. The van der Waals surface area contributed by atoms with E-state index in [0.29, 0.717) is 10.7 Å². The molecule has 0 aromatic heterocycles. The fraction of sp³-hybridized carbons (Fsp3) is 0.364. The van der Waals surface area contributed by atoms with Crippen molar-refractivity contribution in [3.63, 3.8) is 0 Å². The number of nitrogens with one attached hydrogen (secondary N) is 2. The minimum Gasteiger partial charge on any atom is -0.394 e. The molecule has 1 rings (SSSR count). The minimum atomic E-state index is -0.849. The molecule has 17 heavy (non-hydrogen) atoms. The first kappa shape index (κ1) is 13.9. The highest BCUT2D eigenvalue weighted by molar-refractivity contribution is 6.30. The minimum absolute atomic E-state index is 0.0691. The average Bonchev–Trinajstić information content (AvgIpc) is 2.32. The van der Waals surface area contributed by atoms with E-state index in [-0.39, 0.29) is 25.6 Å². The maximum atomic E-state index is 11.4. The van der Waals surface area contributed by atoms with Gasteiger partial charge in [0.2, 0.25) is 5.91 Å². The summed E-state index contributed by atoms with van der Waals surface area (Å²) in [5, 5.41) is 23.6. The van der Waals surface area contributed by atoms with Crippen molar-refractivity contribution in [3.05, 3.63) is 29.3 Å². The fourth-order valence-corrected chi connectivity index (χ4v) is 1.28. The predicted octanol–water partition coefficient (Wildman–Crippen LogP) is 0.221. The number of anilines is 1. The Morgan fingerprint density at radius 2 is 2.00 bits per heavy atom. The van der Waals surface area contributed by atoms with E-state index >= 15 is 0 Å². The van der Waals surface area contributed by atoms with Gasteiger partial charge in [0.15, 0.2) is 0 Å². The average molecular weight is 259 g/mol. The van der Waals surface area contributed by atoms with Gasteiger partial charge in [-0.25, -0.2) is 0 Å². The largest absolute Gasteiger partial charge is 0.394 e. The van der Waals surface area contributed by atoms with Gasteiger partial charge in [0.05, 0.1) is 19.3 Å². The van der Waals surface area contributed by atoms with Gasteiger partial charge in [-0.05, 0) is 24.3 Å². The number of hydrogen-bond acceptors (Lipinski definition) is 4. The number of carbonyl (C=O) groups excluding carboxylic acids is 1. The molecule has 4 N–H and O–H groups in total. The van der Waals surface area contributed by atoms with E-state index in [4.69, 9.17) is 21.8 Å². The fourth-order valence-electron chi connectivity index (χ4n) is 1.16. The topological polar surface area (TPSA) is 81.6 Å². The third kappa shape index (κ3) is 5.65. The van der Waals surface area contributed by atoms with Crippen molar-refractivity contribution in [3.8, 4) is 0 Å². The molecule has 0 spiro atoms. The standard InChI is InChI=1S/C11H15ClN2O3/c12-8-1-3-9(4-2-8)14-11(17)6-13-5-10(16)7-15/h1-4,10,13,15-16H,5-7H2,(H,14,17). The molecule has 0 aliphatic rings. The lowest BCUT2D eigenvalue weighted by atomic mass is 10.3. The molecule has 1 atom stereocenters. The zero-order chi connectivity index (χ0) is 12.7. The number of aliphatic hydroxyl groups is 2. The molecular weight excluding hydrogens is 244 g/mol. The van der Waals surface area contributed by atoms with E-state index in [1.165, 1.54) is 0 Å². The molecule has 1 aromatic carbocycles. The Labute approximate surface area is 104 Å². The van der Waals surface area contributed by atoms with E-state index in [2.05, 4.69) is 10.6 Å². The smallest absolute Gasteiger partial charge is 0.238 e. The second kappa shape index (κ2) is 7.24. The molecule has 0 bridgehead atoms. The summed E-state index contributed by atoms with van der Waals surface area (Å²) in [4.78, 5) is 11.4. The number of halogens is 1. The molecular formula is C11H15ClN2O3. The van der Waals surface area contributed by atoms with Crippen LogP contribution in [-0.2, 0) is 4.79 Å². The van der Waals surface area contributed by atoms with E-state index in [1.54, 1.807) is 24.3 Å². The highest BCUT2D eigenvalue weighted by Crippen LogP contribution is 2.12. The van der Waals surface area contributed by atoms with Crippen LogP contribution in [0.25, 0.3) is 0 Å². The molecule has 5 nitrogen and oxygen atoms in total. The number of rotatable bonds is 6. The second-order valence-corrected chi connectivity index (χ2v) is 3.96. The van der Waals surface area contributed by atoms with Crippen LogP contribution in [0.3, 0.4) is 0 Å². The lowest BCUT2D eigenvalue weighted by molar-refractivity contribution is -0.115. The highest BCUT2D eigenvalue weighted by Gasteiger charge is 2.04. The first-order valence-corrected chi connectivity index (χ1v) is 5.54. The summed E-state index contributed by atoms with van der Waals surface area (Å²) in [6, 6.07) is 6.76. The van der Waals surface area contributed by atoms with Gasteiger partial charge in [0.1, 0.15) is 0 Å². The normalized spacial score (nSPS) is 12.2. The Morgan fingerprint density at radius 3 is 2.59 bits per heavy atom. The van der Waals surface area contributed by atoms with E-state index in [9.17, 15) is 4.79 Å². The van der Waals surface area contributed by atoms with Crippen molar-refractivity contribution in [1.29, 1.82) is 0 Å². The van der Waals surface area contributed by atoms with Crippen LogP contribution in [0.5, 0.6) is 0 Å². The van der Waals surface area contributed by atoms with Crippen molar-refractivity contribution >= 4 is 23.2 Å². The number of aliphatic hydroxyl groups excluding tert-OH is 2. The molecule has 0 aliphatic heterocycles. The first-order chi connectivity index (χ1) is 8.11. The van der Waals surface area contributed by atoms with Crippen LogP contribution in [0.4, 0.5) is 5.69 Å². The third-order valence-corrected chi connectivity index (χ3v) is 2.26. The summed E-state index contributed by atoms with van der Waals surface area (Å²) in [6.07, 6.45) is -0.849. The van der Waals surface area contributed by atoms with Crippen LogP contribution in [-0.4, -0.2) is 41.9 Å². The van der Waals surface area contributed by atoms with Gasteiger partial charge in [-0.3, -0.25) is 4.79 Å². The molecule has 0 radical (unpaired) electrons. The summed E-state index contributed by atoms with van der Waals surface area (Å²) in [5.41, 5.74) is 0.656. The molecule has 6 heteroatoms. The third-order valence-electron chi connectivity index (χ3n) is 2.00. The summed E-state index contributed by atoms with van der Waals surface area (Å²) < 4.78 is 0. The maximum absolute atomic E-state index is 11.4. The molecule has 0 heterocycles. The van der Waals surface area contributed by atoms with Crippen molar-refractivity contribution < 1.29 is 15.0 Å². The Hall–Kier alpha value is -1.14. The summed E-state index contributed by atoms with van der Waals surface area (Å²) in [6.45, 7) is -0.0873. The Morgan fingerprint density at radius 1 is 1.35 bits per heavy atom. The van der Waals surface area contributed by atoms with Crippen LogP contribution in [0.2, 0.25) is 5.02 Å². The van der Waals surface area contributed by atoms with Crippen LogP contribution < -0.4 is 10.6 Å². The van der Waals surface area contributed by atoms with Crippen molar-refractivity contribution in [1.82, 2.24) is 5.32 Å². The van der Waals surface area contributed by atoms with Crippen molar-refractivity contribution in [2.75, 3.05) is 25.0 Å². The zero-order valence-electron chi connectivity index (χ0n) is 9.19. The van der Waals surface area contributed by atoms with Gasteiger partial charge in [-0.15, -0.1) is 0 Å². The molecule has 94 valence electrons. The monoisotopic (exact) mass is 258 g/mol. The molecule has 1 amide bonds. The lowest BCUT2D eigenvalue weighted by Crippen LogP contribution is -2.35. The van der Waals surface area contributed by atoms with Crippen molar-refractivity contribution in [2.24, 2.45) is 0 Å². The quantitative estimate of drug-likeness (QED) is 0.589. The lowest BCUT2D eigenvalue weighted by Gasteiger charge is -2.09. The van der Waals surface area contributed by atoms with Crippen LogP contribution >= 0.6 is 11.6 Å². The van der Waals surface area contributed by atoms with Crippen LogP contribution in [0, 0.1) is 0 Å². The predicted molar refractivity (Wildman–Crippen MR) is 66.0 cm³/mol. The first-order valence-electron chi connectivity index (χ1n) is 5.17. The molecule has 0 fully saturated rings. The molecule has 1 unspecified atom stereocenters. The Balaban J connectivity index is 2.27. The molecule has 0 saturated carbocycles. The zero-order valence-corrected chi connectivity index (χ0v) is 9.94. The highest BCUT2D eigenvalue weighted by atomic mass is 35.5. The van der Waals surface area contributed by atoms with Crippen molar-refractivity contribution in [2.45, 2.75) is 6.10 Å². The van der Waals surface area contributed by atoms with E-state index in [0.717, 1.165) is 0 Å².